The van der Waals surface area contributed by atoms with Gasteiger partial charge in [0.25, 0.3) is 0 Å². The molecule has 2 heterocycles. The van der Waals surface area contributed by atoms with E-state index in [-0.39, 0.29) is 23.2 Å². The zero-order valence-electron chi connectivity index (χ0n) is 14.7. The fraction of sp³-hybridized carbons (Fsp3) is 0.526. The van der Waals surface area contributed by atoms with E-state index in [9.17, 15) is 4.79 Å². The molecule has 2 aliphatic rings. The number of benzene rings is 1. The van der Waals surface area contributed by atoms with Crippen molar-refractivity contribution in [3.05, 3.63) is 47.5 Å². The Morgan fingerprint density at radius 3 is 2.68 bits per heavy atom. The normalized spacial score (nSPS) is 24.5. The lowest BCUT2D eigenvalue weighted by Crippen LogP contribution is -2.38. The van der Waals surface area contributed by atoms with Gasteiger partial charge in [0.2, 0.25) is 5.91 Å². The molecular formula is C19H24N4O2. The quantitative estimate of drug-likeness (QED) is 0.904. The molecular weight excluding hydrogens is 316 g/mol. The van der Waals surface area contributed by atoms with Crippen LogP contribution in [0, 0.1) is 12.8 Å². The molecule has 0 bridgehead atoms. The molecule has 0 radical (unpaired) electrons. The average molecular weight is 340 g/mol. The predicted octanol–water partition coefficient (Wildman–Crippen LogP) is 2.03. The summed E-state index contributed by atoms with van der Waals surface area (Å²) in [7, 11) is 1.71. The van der Waals surface area contributed by atoms with Gasteiger partial charge in [-0.3, -0.25) is 9.89 Å². The first-order chi connectivity index (χ1) is 12.1. The molecule has 1 saturated heterocycles. The number of carbonyl (C=O) groups is 1. The number of likely N-dealkylation sites (tertiary alicyclic amines) is 1. The summed E-state index contributed by atoms with van der Waals surface area (Å²) in [5.41, 5.74) is 0.823. The van der Waals surface area contributed by atoms with Crippen molar-refractivity contribution in [1.29, 1.82) is 0 Å². The molecule has 2 aromatic rings. The number of hydrogen-bond acceptors (Lipinski definition) is 4. The number of aryl methyl sites for hydroxylation is 1. The molecule has 1 N–H and O–H groups in total. The lowest BCUT2D eigenvalue weighted by atomic mass is 9.94. The number of hydrogen-bond donors (Lipinski definition) is 1. The number of ether oxygens (including phenoxy) is 1. The number of nitrogens with zero attached hydrogens (tertiary/aromatic N) is 3. The van der Waals surface area contributed by atoms with Gasteiger partial charge in [-0.1, -0.05) is 30.3 Å². The smallest absolute Gasteiger partial charge is 0.233 e. The maximum absolute atomic E-state index is 13.3. The van der Waals surface area contributed by atoms with Crippen LogP contribution in [0.25, 0.3) is 0 Å². The Balaban J connectivity index is 1.56. The van der Waals surface area contributed by atoms with E-state index in [0.717, 1.165) is 30.1 Å². The fourth-order valence-electron chi connectivity index (χ4n) is 4.05. The topological polar surface area (TPSA) is 71.1 Å². The monoisotopic (exact) mass is 340 g/mol. The van der Waals surface area contributed by atoms with Crippen LogP contribution in [0.2, 0.25) is 0 Å². The van der Waals surface area contributed by atoms with Gasteiger partial charge in [0.15, 0.2) is 5.82 Å². The number of rotatable bonds is 5. The van der Waals surface area contributed by atoms with Gasteiger partial charge in [0.1, 0.15) is 5.82 Å². The molecule has 0 unspecified atom stereocenters. The van der Waals surface area contributed by atoms with E-state index in [4.69, 9.17) is 4.74 Å². The third-order valence-electron chi connectivity index (χ3n) is 5.54. The van der Waals surface area contributed by atoms with Gasteiger partial charge in [0.05, 0.1) is 12.0 Å². The van der Waals surface area contributed by atoms with Gasteiger partial charge >= 0.3 is 0 Å². The molecule has 6 nitrogen and oxygen atoms in total. The van der Waals surface area contributed by atoms with Crippen LogP contribution in [0.1, 0.15) is 36.0 Å². The highest BCUT2D eigenvalue weighted by Crippen LogP contribution is 2.50. The van der Waals surface area contributed by atoms with Gasteiger partial charge in [-0.05, 0) is 25.3 Å². The van der Waals surface area contributed by atoms with Crippen molar-refractivity contribution in [2.75, 3.05) is 26.8 Å². The molecule has 132 valence electrons. The van der Waals surface area contributed by atoms with E-state index < -0.39 is 0 Å². The number of carbonyl (C=O) groups excluding carboxylic acids is 1. The first-order valence-electron chi connectivity index (χ1n) is 8.87. The molecule has 2 fully saturated rings. The van der Waals surface area contributed by atoms with E-state index in [1.165, 1.54) is 0 Å². The molecule has 1 aromatic heterocycles. The Morgan fingerprint density at radius 1 is 1.32 bits per heavy atom. The minimum absolute atomic E-state index is 0.125. The maximum Gasteiger partial charge on any atom is 0.233 e. The zero-order chi connectivity index (χ0) is 17.4. The number of methoxy groups -OCH3 is 1. The first-order valence-corrected chi connectivity index (χ1v) is 8.87. The molecule has 1 aliphatic heterocycles. The van der Waals surface area contributed by atoms with Crippen LogP contribution in [0.15, 0.2) is 30.3 Å². The van der Waals surface area contributed by atoms with Crippen molar-refractivity contribution >= 4 is 5.91 Å². The van der Waals surface area contributed by atoms with Crippen LogP contribution >= 0.6 is 0 Å². The van der Waals surface area contributed by atoms with Crippen molar-refractivity contribution < 1.29 is 9.53 Å². The molecule has 0 spiro atoms. The van der Waals surface area contributed by atoms with Gasteiger partial charge in [-0.15, -0.1) is 0 Å². The minimum Gasteiger partial charge on any atom is -0.384 e. The summed E-state index contributed by atoms with van der Waals surface area (Å²) in [4.78, 5) is 19.8. The minimum atomic E-state index is -0.317. The summed E-state index contributed by atoms with van der Waals surface area (Å²) in [6.45, 7) is 3.88. The van der Waals surface area contributed by atoms with Crippen molar-refractivity contribution in [3.63, 3.8) is 0 Å². The van der Waals surface area contributed by atoms with Crippen molar-refractivity contribution in [2.24, 2.45) is 5.92 Å². The van der Waals surface area contributed by atoms with Crippen LogP contribution in [0.5, 0.6) is 0 Å². The first kappa shape index (κ1) is 16.3. The molecule has 1 aromatic carbocycles. The second-order valence-electron chi connectivity index (χ2n) is 7.26. The fourth-order valence-corrected chi connectivity index (χ4v) is 4.05. The summed E-state index contributed by atoms with van der Waals surface area (Å²) >= 11 is 0. The third-order valence-corrected chi connectivity index (χ3v) is 5.54. The van der Waals surface area contributed by atoms with E-state index in [1.54, 1.807) is 7.11 Å². The average Bonchev–Trinajstić information content (AvgIpc) is 3.17. The molecule has 1 saturated carbocycles. The molecule has 4 rings (SSSR count). The maximum atomic E-state index is 13.3. The van der Waals surface area contributed by atoms with Gasteiger partial charge in [-0.25, -0.2) is 4.98 Å². The Kier molecular flexibility index (Phi) is 4.07. The Hall–Kier alpha value is -2.21. The molecule has 1 aliphatic carbocycles. The highest BCUT2D eigenvalue weighted by molar-refractivity contribution is 5.91. The summed E-state index contributed by atoms with van der Waals surface area (Å²) in [6.07, 6.45) is 1.87. The van der Waals surface area contributed by atoms with E-state index in [0.29, 0.717) is 19.7 Å². The zero-order valence-corrected chi connectivity index (χ0v) is 14.7. The number of aromatic amines is 1. The number of amides is 1. The van der Waals surface area contributed by atoms with E-state index in [2.05, 4.69) is 27.3 Å². The second kappa shape index (κ2) is 6.26. The third kappa shape index (κ3) is 2.84. The van der Waals surface area contributed by atoms with E-state index >= 15 is 0 Å². The SMILES string of the molecule is COC[C@@H]1CN(C(=O)C2(c3ccccc3)CC2)C[C@H]1c1n[nH]c(C)n1. The predicted molar refractivity (Wildman–Crippen MR) is 93.2 cm³/mol. The van der Waals surface area contributed by atoms with Gasteiger partial charge in [-0.2, -0.15) is 5.10 Å². The molecule has 6 heteroatoms. The van der Waals surface area contributed by atoms with Crippen LogP contribution in [-0.4, -0.2) is 52.8 Å². The van der Waals surface area contributed by atoms with Crippen LogP contribution in [-0.2, 0) is 14.9 Å². The second-order valence-corrected chi connectivity index (χ2v) is 7.26. The van der Waals surface area contributed by atoms with Crippen LogP contribution in [0.3, 0.4) is 0 Å². The Labute approximate surface area is 147 Å². The van der Waals surface area contributed by atoms with Gasteiger partial charge < -0.3 is 9.64 Å². The van der Waals surface area contributed by atoms with Gasteiger partial charge in [0, 0.05) is 32.0 Å². The molecule has 1 amide bonds. The lowest BCUT2D eigenvalue weighted by Gasteiger charge is -2.23. The van der Waals surface area contributed by atoms with Crippen LogP contribution < -0.4 is 0 Å². The summed E-state index contributed by atoms with van der Waals surface area (Å²) in [5, 5.41) is 7.25. The van der Waals surface area contributed by atoms with Crippen molar-refractivity contribution in [1.82, 2.24) is 20.1 Å². The lowest BCUT2D eigenvalue weighted by molar-refractivity contribution is -0.133. The Morgan fingerprint density at radius 2 is 2.08 bits per heavy atom. The van der Waals surface area contributed by atoms with E-state index in [1.807, 2.05) is 30.0 Å². The number of aromatic nitrogens is 3. The van der Waals surface area contributed by atoms with Crippen molar-refractivity contribution in [3.8, 4) is 0 Å². The standard InChI is InChI=1S/C19H24N4O2/c1-13-20-17(22-21-13)16-11-23(10-14(16)12-25-2)18(24)19(8-9-19)15-6-4-3-5-7-15/h3-7,14,16H,8-12H2,1-2H3,(H,20,21,22)/t14-,16+/m0/s1. The Bertz CT molecular complexity index is 754. The summed E-state index contributed by atoms with van der Waals surface area (Å²) < 4.78 is 5.39. The highest BCUT2D eigenvalue weighted by Gasteiger charge is 2.54. The summed E-state index contributed by atoms with van der Waals surface area (Å²) in [5.74, 6) is 2.20. The van der Waals surface area contributed by atoms with Crippen molar-refractivity contribution in [2.45, 2.75) is 31.1 Å². The van der Waals surface area contributed by atoms with Crippen LogP contribution in [0.4, 0.5) is 0 Å². The largest absolute Gasteiger partial charge is 0.384 e. The highest BCUT2D eigenvalue weighted by atomic mass is 16.5. The molecule has 25 heavy (non-hydrogen) atoms. The number of nitrogens with one attached hydrogen (secondary N) is 1. The summed E-state index contributed by atoms with van der Waals surface area (Å²) in [6, 6.07) is 10.2. The number of H-pyrrole nitrogens is 1. The molecule has 2 atom stereocenters.